The predicted octanol–water partition coefficient (Wildman–Crippen LogP) is 2.82. The first-order valence-corrected chi connectivity index (χ1v) is 7.94. The van der Waals surface area contributed by atoms with Crippen molar-refractivity contribution in [2.75, 3.05) is 21.0 Å². The fourth-order valence-corrected chi connectivity index (χ4v) is 2.96. The van der Waals surface area contributed by atoms with Crippen LogP contribution in [0.3, 0.4) is 0 Å². The normalized spacial score (nSPS) is 12.2. The van der Waals surface area contributed by atoms with E-state index in [1.54, 1.807) is 0 Å². The number of phenolic OH excluding ortho intramolecular Hbond substituents is 1. The molecule has 1 aromatic heterocycles. The van der Waals surface area contributed by atoms with Crippen molar-refractivity contribution in [3.63, 3.8) is 0 Å². The second kappa shape index (κ2) is 6.34. The third kappa shape index (κ3) is 2.54. The van der Waals surface area contributed by atoms with Gasteiger partial charge in [0.05, 0.1) is 24.5 Å². The van der Waals surface area contributed by atoms with Gasteiger partial charge in [-0.05, 0) is 18.2 Å². The van der Waals surface area contributed by atoms with Crippen molar-refractivity contribution >= 4 is 16.7 Å². The van der Waals surface area contributed by atoms with Crippen LogP contribution in [0, 0.1) is 10.1 Å². The zero-order valence-electron chi connectivity index (χ0n) is 14.7. The Labute approximate surface area is 156 Å². The number of ether oxygens (including phenoxy) is 4. The molecule has 1 N–H and O–H groups in total. The topological polar surface area (TPSA) is 130 Å². The summed E-state index contributed by atoms with van der Waals surface area (Å²) in [6.07, 6.45) is 0. The Morgan fingerprint density at radius 3 is 2.25 bits per heavy atom. The van der Waals surface area contributed by atoms with E-state index in [4.69, 9.17) is 23.4 Å². The summed E-state index contributed by atoms with van der Waals surface area (Å²) in [5.41, 5.74) is -1.40. The number of hydrogen-bond donors (Lipinski definition) is 1. The fraction of sp³-hybridized carbons (Fsp3) is 0.167. The van der Waals surface area contributed by atoms with Gasteiger partial charge in [-0.3, -0.25) is 14.9 Å². The van der Waals surface area contributed by atoms with E-state index in [1.165, 1.54) is 38.5 Å². The molecule has 144 valence electrons. The third-order valence-corrected chi connectivity index (χ3v) is 4.29. The molecule has 0 fully saturated rings. The molecule has 0 radical (unpaired) electrons. The van der Waals surface area contributed by atoms with Crippen LogP contribution in [0.25, 0.3) is 22.3 Å². The summed E-state index contributed by atoms with van der Waals surface area (Å²) in [5, 5.41) is 21.7. The SMILES string of the molecule is COc1cc(-c2oc3cc4c(cc3c(=O)c2[N+](=O)[O-])OCO4)cc(OC)c1O. The quantitative estimate of drug-likeness (QED) is 0.530. The smallest absolute Gasteiger partial charge is 0.359 e. The van der Waals surface area contributed by atoms with Crippen LogP contribution in [0.15, 0.2) is 33.5 Å². The van der Waals surface area contributed by atoms with E-state index in [0.29, 0.717) is 11.5 Å². The zero-order chi connectivity index (χ0) is 20.0. The number of hydrogen-bond acceptors (Lipinski definition) is 9. The van der Waals surface area contributed by atoms with Gasteiger partial charge in [-0.25, -0.2) is 0 Å². The highest BCUT2D eigenvalue weighted by Crippen LogP contribution is 2.43. The summed E-state index contributed by atoms with van der Waals surface area (Å²) >= 11 is 0. The van der Waals surface area contributed by atoms with E-state index in [-0.39, 0.29) is 46.3 Å². The van der Waals surface area contributed by atoms with Gasteiger partial charge in [-0.2, -0.15) is 0 Å². The molecule has 0 aliphatic carbocycles. The molecule has 10 nitrogen and oxygen atoms in total. The minimum absolute atomic E-state index is 0.00270. The van der Waals surface area contributed by atoms with E-state index >= 15 is 0 Å². The molecule has 4 rings (SSSR count). The molecule has 0 bridgehead atoms. The van der Waals surface area contributed by atoms with Crippen molar-refractivity contribution in [1.29, 1.82) is 0 Å². The second-order valence-electron chi connectivity index (χ2n) is 5.80. The Balaban J connectivity index is 2.07. The van der Waals surface area contributed by atoms with Crippen molar-refractivity contribution in [1.82, 2.24) is 0 Å². The van der Waals surface area contributed by atoms with Crippen molar-refractivity contribution in [2.45, 2.75) is 0 Å². The first-order chi connectivity index (χ1) is 13.4. The zero-order valence-corrected chi connectivity index (χ0v) is 14.7. The molecule has 0 spiro atoms. The minimum Gasteiger partial charge on any atom is -0.502 e. The van der Waals surface area contributed by atoms with Gasteiger partial charge < -0.3 is 28.5 Å². The molecule has 0 amide bonds. The van der Waals surface area contributed by atoms with Crippen LogP contribution in [-0.2, 0) is 0 Å². The van der Waals surface area contributed by atoms with E-state index in [2.05, 4.69) is 0 Å². The molecule has 0 saturated carbocycles. The maximum absolute atomic E-state index is 12.8. The first kappa shape index (κ1) is 17.5. The lowest BCUT2D eigenvalue weighted by Crippen LogP contribution is -2.10. The van der Waals surface area contributed by atoms with Gasteiger partial charge in [-0.1, -0.05) is 0 Å². The standard InChI is InChI=1S/C18H13NO9/c1-24-13-3-8(4-14(25-2)17(13)21)18-15(19(22)23)16(20)9-5-11-12(27-7-26-11)6-10(9)28-18/h3-6,21H,7H2,1-2H3. The molecular weight excluding hydrogens is 374 g/mol. The van der Waals surface area contributed by atoms with E-state index in [0.717, 1.165) is 0 Å². The van der Waals surface area contributed by atoms with Gasteiger partial charge >= 0.3 is 5.69 Å². The molecule has 0 saturated heterocycles. The van der Waals surface area contributed by atoms with Crippen molar-refractivity contribution in [3.05, 3.63) is 44.6 Å². The maximum Gasteiger partial charge on any atom is 0.359 e. The average Bonchev–Trinajstić information content (AvgIpc) is 3.13. The number of fused-ring (bicyclic) bond motifs is 2. The predicted molar refractivity (Wildman–Crippen MR) is 95.5 cm³/mol. The summed E-state index contributed by atoms with van der Waals surface area (Å²) in [5.74, 6) is 0.0566. The summed E-state index contributed by atoms with van der Waals surface area (Å²) in [7, 11) is 2.62. The van der Waals surface area contributed by atoms with Gasteiger partial charge in [-0.15, -0.1) is 0 Å². The number of rotatable bonds is 4. The summed E-state index contributed by atoms with van der Waals surface area (Å²) in [6.45, 7) is -0.0266. The number of benzene rings is 2. The van der Waals surface area contributed by atoms with E-state index in [9.17, 15) is 20.0 Å². The third-order valence-electron chi connectivity index (χ3n) is 4.29. The van der Waals surface area contributed by atoms with Crippen molar-refractivity contribution < 1.29 is 33.4 Å². The van der Waals surface area contributed by atoms with Gasteiger partial charge in [0, 0.05) is 11.6 Å². The fourth-order valence-electron chi connectivity index (χ4n) is 2.96. The Morgan fingerprint density at radius 2 is 1.68 bits per heavy atom. The van der Waals surface area contributed by atoms with Crippen LogP contribution in [0.5, 0.6) is 28.7 Å². The van der Waals surface area contributed by atoms with Crippen molar-refractivity contribution in [3.8, 4) is 40.1 Å². The highest BCUT2D eigenvalue weighted by Gasteiger charge is 2.29. The van der Waals surface area contributed by atoms with Gasteiger partial charge in [0.1, 0.15) is 5.58 Å². The largest absolute Gasteiger partial charge is 0.502 e. The second-order valence-corrected chi connectivity index (χ2v) is 5.80. The summed E-state index contributed by atoms with van der Waals surface area (Å²) < 4.78 is 26.3. The van der Waals surface area contributed by atoms with Gasteiger partial charge in [0.2, 0.25) is 18.3 Å². The van der Waals surface area contributed by atoms with Gasteiger partial charge in [0.25, 0.3) is 5.43 Å². The lowest BCUT2D eigenvalue weighted by molar-refractivity contribution is -0.386. The number of nitro groups is 1. The summed E-state index contributed by atoms with van der Waals surface area (Å²) in [4.78, 5) is 23.7. The maximum atomic E-state index is 12.8. The van der Waals surface area contributed by atoms with Crippen LogP contribution < -0.4 is 24.4 Å². The molecule has 1 aliphatic heterocycles. The Hall–Kier alpha value is -3.95. The molecule has 0 unspecified atom stereocenters. The highest BCUT2D eigenvalue weighted by molar-refractivity contribution is 5.87. The lowest BCUT2D eigenvalue weighted by Gasteiger charge is -2.11. The summed E-state index contributed by atoms with van der Waals surface area (Å²) in [6, 6.07) is 5.39. The Morgan fingerprint density at radius 1 is 1.07 bits per heavy atom. The molecule has 2 aromatic carbocycles. The van der Waals surface area contributed by atoms with Crippen LogP contribution >= 0.6 is 0 Å². The molecule has 1 aliphatic rings. The molecule has 28 heavy (non-hydrogen) atoms. The van der Waals surface area contributed by atoms with Crippen LogP contribution in [0.1, 0.15) is 0 Å². The first-order valence-electron chi connectivity index (χ1n) is 7.94. The number of phenols is 1. The highest BCUT2D eigenvalue weighted by atomic mass is 16.7. The van der Waals surface area contributed by atoms with E-state index in [1.807, 2.05) is 0 Å². The van der Waals surface area contributed by atoms with Crippen LogP contribution in [0.2, 0.25) is 0 Å². The van der Waals surface area contributed by atoms with Crippen LogP contribution in [0.4, 0.5) is 5.69 Å². The Bertz CT molecular complexity index is 1160. The van der Waals surface area contributed by atoms with Crippen molar-refractivity contribution in [2.24, 2.45) is 0 Å². The average molecular weight is 387 g/mol. The number of nitrogens with zero attached hydrogens (tertiary/aromatic N) is 1. The Kier molecular flexibility index (Phi) is 3.95. The number of methoxy groups -OCH3 is 2. The molecule has 0 atom stereocenters. The molecule has 2 heterocycles. The van der Waals surface area contributed by atoms with Gasteiger partial charge in [0.15, 0.2) is 23.0 Å². The molecule has 3 aromatic rings. The van der Waals surface area contributed by atoms with Crippen LogP contribution in [-0.4, -0.2) is 31.0 Å². The lowest BCUT2D eigenvalue weighted by atomic mass is 10.1. The minimum atomic E-state index is -0.842. The molecular formula is C18H13NO9. The molecule has 10 heteroatoms. The number of aromatic hydroxyl groups is 1. The monoisotopic (exact) mass is 387 g/mol. The van der Waals surface area contributed by atoms with E-state index < -0.39 is 16.0 Å².